The predicted molar refractivity (Wildman–Crippen MR) is 111 cm³/mol. The molecule has 9 heteroatoms. The summed E-state index contributed by atoms with van der Waals surface area (Å²) in [5, 5.41) is 30.4. The van der Waals surface area contributed by atoms with E-state index in [0.717, 1.165) is 19.3 Å². The maximum Gasteiger partial charge on any atom is 0.101 e. The second-order valence-corrected chi connectivity index (χ2v) is 9.82. The number of aliphatic hydroxyl groups is 3. The average molecular weight is 449 g/mol. The summed E-state index contributed by atoms with van der Waals surface area (Å²) in [5.74, 6) is 0.356. The monoisotopic (exact) mass is 448 g/mol. The third-order valence-corrected chi connectivity index (χ3v) is 6.74. The van der Waals surface area contributed by atoms with Gasteiger partial charge in [0, 0.05) is 40.6 Å². The summed E-state index contributed by atoms with van der Waals surface area (Å²) in [6.45, 7) is 1.21. The van der Waals surface area contributed by atoms with Crippen LogP contribution in [-0.4, -0.2) is 111 Å². The zero-order chi connectivity index (χ0) is 22.5. The molecule has 4 rings (SSSR count). The number of hydrogen-bond donors (Lipinski definition) is 3. The third-order valence-electron chi connectivity index (χ3n) is 6.74. The van der Waals surface area contributed by atoms with Gasteiger partial charge in [0.1, 0.15) is 18.3 Å². The minimum Gasteiger partial charge on any atom is -0.388 e. The largest absolute Gasteiger partial charge is 0.388 e. The Morgan fingerprint density at radius 2 is 0.871 bits per heavy atom. The molecule has 0 saturated heterocycles. The maximum absolute atomic E-state index is 10.1. The van der Waals surface area contributed by atoms with Gasteiger partial charge >= 0.3 is 0 Å². The molecule has 0 aromatic rings. The normalized spacial score (nSPS) is 37.2. The molecule has 0 aromatic carbocycles. The van der Waals surface area contributed by atoms with Gasteiger partial charge in [0.25, 0.3) is 0 Å². The van der Waals surface area contributed by atoms with Crippen molar-refractivity contribution in [3.63, 3.8) is 0 Å². The van der Waals surface area contributed by atoms with Crippen molar-refractivity contribution < 1.29 is 43.7 Å². The van der Waals surface area contributed by atoms with Crippen LogP contribution in [0.4, 0.5) is 0 Å². The predicted octanol–water partition coefficient (Wildman–Crippen LogP) is 0.272. The summed E-state index contributed by atoms with van der Waals surface area (Å²) in [6, 6.07) is 0. The number of aliphatic hydroxyl groups excluding tert-OH is 3. The van der Waals surface area contributed by atoms with Crippen LogP contribution in [0.25, 0.3) is 0 Å². The van der Waals surface area contributed by atoms with Crippen LogP contribution >= 0.6 is 0 Å². The van der Waals surface area contributed by atoms with Gasteiger partial charge in [0.2, 0.25) is 0 Å². The van der Waals surface area contributed by atoms with Gasteiger partial charge in [-0.3, -0.25) is 0 Å². The molecule has 3 unspecified atom stereocenters. The smallest absolute Gasteiger partial charge is 0.101 e. The Kier molecular flexibility index (Phi) is 8.73. The summed E-state index contributed by atoms with van der Waals surface area (Å²) in [7, 11) is 4.66. The van der Waals surface area contributed by atoms with Crippen LogP contribution in [0.15, 0.2) is 0 Å². The zero-order valence-corrected chi connectivity index (χ0v) is 19.1. The van der Waals surface area contributed by atoms with Crippen LogP contribution in [0.3, 0.4) is 0 Å². The lowest BCUT2D eigenvalue weighted by atomic mass is 9.50. The molecule has 0 amide bonds. The molecule has 4 aliphatic rings. The summed E-state index contributed by atoms with van der Waals surface area (Å²) in [6.07, 6.45) is 2.68. The van der Waals surface area contributed by atoms with Crippen molar-refractivity contribution in [1.82, 2.24) is 0 Å². The lowest BCUT2D eigenvalue weighted by Gasteiger charge is -2.65. The first-order valence-corrected chi connectivity index (χ1v) is 11.2. The minimum absolute atomic E-state index is 0.186. The van der Waals surface area contributed by atoms with Crippen molar-refractivity contribution in [2.24, 2.45) is 5.92 Å². The fourth-order valence-corrected chi connectivity index (χ4v) is 6.20. The van der Waals surface area contributed by atoms with E-state index in [0.29, 0.717) is 25.2 Å². The molecule has 0 radical (unpaired) electrons. The van der Waals surface area contributed by atoms with E-state index in [9.17, 15) is 15.3 Å². The molecule has 31 heavy (non-hydrogen) atoms. The van der Waals surface area contributed by atoms with Crippen molar-refractivity contribution in [1.29, 1.82) is 0 Å². The van der Waals surface area contributed by atoms with Crippen molar-refractivity contribution in [3.8, 4) is 0 Å². The molecule has 3 N–H and O–H groups in total. The number of hydrogen-bond acceptors (Lipinski definition) is 9. The Balaban J connectivity index is 1.74. The summed E-state index contributed by atoms with van der Waals surface area (Å²) in [5.41, 5.74) is -1.40. The molecule has 4 bridgehead atoms. The third kappa shape index (κ3) is 6.37. The Hall–Kier alpha value is -0.360. The molecular weight excluding hydrogens is 408 g/mol. The fourth-order valence-electron chi connectivity index (χ4n) is 6.20. The summed E-state index contributed by atoms with van der Waals surface area (Å²) < 4.78 is 34.1. The van der Waals surface area contributed by atoms with E-state index in [4.69, 9.17) is 28.4 Å². The number of rotatable bonds is 15. The Bertz CT molecular complexity index is 475. The lowest BCUT2D eigenvalue weighted by Crippen LogP contribution is -2.68. The van der Waals surface area contributed by atoms with E-state index in [1.807, 2.05) is 0 Å². The van der Waals surface area contributed by atoms with Crippen LogP contribution in [0.5, 0.6) is 0 Å². The molecule has 0 spiro atoms. The number of methoxy groups -OCH3 is 3. The van der Waals surface area contributed by atoms with E-state index < -0.39 is 35.1 Å². The molecule has 0 aromatic heterocycles. The van der Waals surface area contributed by atoms with Gasteiger partial charge in [-0.2, -0.15) is 0 Å². The second-order valence-electron chi connectivity index (χ2n) is 9.82. The Morgan fingerprint density at radius 1 is 0.581 bits per heavy atom. The lowest BCUT2D eigenvalue weighted by molar-refractivity contribution is -0.300. The highest BCUT2D eigenvalue weighted by Crippen LogP contribution is 2.63. The first-order chi connectivity index (χ1) is 14.8. The van der Waals surface area contributed by atoms with Crippen LogP contribution in [0, 0.1) is 5.92 Å². The van der Waals surface area contributed by atoms with Crippen molar-refractivity contribution in [2.45, 2.75) is 73.6 Å². The molecular formula is C22H40O9. The molecule has 0 heterocycles. The second kappa shape index (κ2) is 10.7. The molecule has 4 aliphatic carbocycles. The molecule has 182 valence electrons. The topological polar surface area (TPSA) is 116 Å². The van der Waals surface area contributed by atoms with Gasteiger partial charge in [-0.15, -0.1) is 0 Å². The van der Waals surface area contributed by atoms with E-state index in [1.54, 1.807) is 21.3 Å². The Labute approximate surface area is 184 Å². The van der Waals surface area contributed by atoms with Crippen molar-refractivity contribution in [3.05, 3.63) is 0 Å². The summed E-state index contributed by atoms with van der Waals surface area (Å²) in [4.78, 5) is 0. The van der Waals surface area contributed by atoms with Crippen LogP contribution in [0.2, 0.25) is 0 Å². The molecule has 0 aliphatic heterocycles. The highest BCUT2D eigenvalue weighted by Gasteiger charge is 2.65. The van der Waals surface area contributed by atoms with Gasteiger partial charge in [0.05, 0.1) is 56.4 Å². The zero-order valence-electron chi connectivity index (χ0n) is 19.1. The maximum atomic E-state index is 10.1. The SMILES string of the molecule is COCC(O)COC12CC3CC(OCC(O)COC)(C1)CC(OCC(O)COC)(C3)C2. The van der Waals surface area contributed by atoms with Crippen LogP contribution in [-0.2, 0) is 28.4 Å². The first kappa shape index (κ1) is 25.3. The van der Waals surface area contributed by atoms with E-state index in [-0.39, 0.29) is 39.6 Å². The van der Waals surface area contributed by atoms with Crippen LogP contribution in [0.1, 0.15) is 38.5 Å². The summed E-state index contributed by atoms with van der Waals surface area (Å²) >= 11 is 0. The van der Waals surface area contributed by atoms with E-state index >= 15 is 0 Å². The molecule has 4 fully saturated rings. The van der Waals surface area contributed by atoms with Gasteiger partial charge in [0.15, 0.2) is 0 Å². The highest BCUT2D eigenvalue weighted by molar-refractivity contribution is 5.17. The fraction of sp³-hybridized carbons (Fsp3) is 1.00. The molecule has 9 nitrogen and oxygen atoms in total. The highest BCUT2D eigenvalue weighted by atomic mass is 16.6. The number of ether oxygens (including phenoxy) is 6. The standard InChI is InChI=1S/C22H40O9/c1-26-7-17(23)10-29-20-4-16-5-21(13-20,30-11-18(24)8-27-2)15-22(6-16,14-20)31-12-19(25)9-28-3/h16-19,23-25H,4-15H2,1-3H3. The van der Waals surface area contributed by atoms with E-state index in [2.05, 4.69) is 0 Å². The first-order valence-electron chi connectivity index (χ1n) is 11.2. The van der Waals surface area contributed by atoms with Crippen molar-refractivity contribution >= 4 is 0 Å². The Morgan fingerprint density at radius 3 is 1.13 bits per heavy atom. The van der Waals surface area contributed by atoms with Gasteiger partial charge in [-0.25, -0.2) is 0 Å². The molecule has 3 atom stereocenters. The van der Waals surface area contributed by atoms with Crippen LogP contribution < -0.4 is 0 Å². The molecule has 4 saturated carbocycles. The van der Waals surface area contributed by atoms with Gasteiger partial charge in [-0.05, 0) is 25.2 Å². The quantitative estimate of drug-likeness (QED) is 0.325. The minimum atomic E-state index is -0.696. The van der Waals surface area contributed by atoms with E-state index in [1.165, 1.54) is 0 Å². The van der Waals surface area contributed by atoms with Gasteiger partial charge in [-0.1, -0.05) is 0 Å². The average Bonchev–Trinajstić information content (AvgIpc) is 2.69. The van der Waals surface area contributed by atoms with Gasteiger partial charge < -0.3 is 43.7 Å². The van der Waals surface area contributed by atoms with Crippen molar-refractivity contribution in [2.75, 3.05) is 61.0 Å².